The van der Waals surface area contributed by atoms with E-state index in [2.05, 4.69) is 40.9 Å². The second kappa shape index (κ2) is 3.22. The van der Waals surface area contributed by atoms with E-state index < -0.39 is 0 Å². The van der Waals surface area contributed by atoms with Crippen LogP contribution in [0, 0.1) is 0 Å². The average Bonchev–Trinajstić information content (AvgIpc) is 2.12. The van der Waals surface area contributed by atoms with Crippen LogP contribution in [-0.4, -0.2) is 19.7 Å². The quantitative estimate of drug-likeness (QED) is 0.693. The van der Waals surface area contributed by atoms with Crippen LogP contribution in [-0.2, 0) is 0 Å². The number of ether oxygens (including phenoxy) is 1. The summed E-state index contributed by atoms with van der Waals surface area (Å²) in [5, 5.41) is 0. The van der Waals surface area contributed by atoms with Crippen molar-refractivity contribution in [3.8, 4) is 5.75 Å². The van der Waals surface area contributed by atoms with E-state index >= 15 is 0 Å². The van der Waals surface area contributed by atoms with Crippen LogP contribution in [0.5, 0.6) is 5.75 Å². The first kappa shape index (κ1) is 8.88. The van der Waals surface area contributed by atoms with Gasteiger partial charge in [0.1, 0.15) is 12.4 Å². The van der Waals surface area contributed by atoms with Crippen LogP contribution >= 0.6 is 15.9 Å². The van der Waals surface area contributed by atoms with Crippen molar-refractivity contribution in [1.29, 1.82) is 0 Å². The summed E-state index contributed by atoms with van der Waals surface area (Å²) in [5.41, 5.74) is 1.17. The van der Waals surface area contributed by atoms with Gasteiger partial charge in [-0.05, 0) is 25.1 Å². The lowest BCUT2D eigenvalue weighted by molar-refractivity contribution is 0.275. The fourth-order valence-corrected chi connectivity index (χ4v) is 1.79. The van der Waals surface area contributed by atoms with Crippen LogP contribution < -0.4 is 9.64 Å². The van der Waals surface area contributed by atoms with E-state index in [9.17, 15) is 0 Å². The molecule has 1 aromatic rings. The van der Waals surface area contributed by atoms with Crippen LogP contribution in [0.3, 0.4) is 0 Å². The number of fused-ring (bicyclic) bond motifs is 1. The Labute approximate surface area is 86.6 Å². The molecule has 3 heteroatoms. The molecule has 0 bridgehead atoms. The van der Waals surface area contributed by atoms with Gasteiger partial charge >= 0.3 is 0 Å². The number of rotatable bonds is 0. The van der Waals surface area contributed by atoms with E-state index in [1.165, 1.54) is 5.69 Å². The van der Waals surface area contributed by atoms with Crippen molar-refractivity contribution in [1.82, 2.24) is 0 Å². The molecule has 1 atom stereocenters. The average molecular weight is 242 g/mol. The number of nitrogens with zero attached hydrogens (tertiary/aromatic N) is 1. The van der Waals surface area contributed by atoms with Crippen molar-refractivity contribution in [2.75, 3.05) is 18.6 Å². The molecule has 13 heavy (non-hydrogen) atoms. The Balaban J connectivity index is 2.44. The number of likely N-dealkylation sites (N-methyl/N-ethyl adjacent to an activating group) is 1. The number of hydrogen-bond acceptors (Lipinski definition) is 2. The second-order valence-corrected chi connectivity index (χ2v) is 4.30. The van der Waals surface area contributed by atoms with Gasteiger partial charge in [-0.1, -0.05) is 15.9 Å². The van der Waals surface area contributed by atoms with Gasteiger partial charge in [0.05, 0.1) is 11.7 Å². The highest BCUT2D eigenvalue weighted by atomic mass is 79.9. The Hall–Kier alpha value is -0.700. The third-order valence-electron chi connectivity index (χ3n) is 2.44. The zero-order valence-corrected chi connectivity index (χ0v) is 9.34. The van der Waals surface area contributed by atoms with Crippen LogP contribution in [0.4, 0.5) is 5.69 Å². The lowest BCUT2D eigenvalue weighted by atomic mass is 10.2. The highest BCUT2D eigenvalue weighted by Crippen LogP contribution is 2.34. The standard InChI is InChI=1S/C10H12BrNO/c1-7-6-13-10-5-8(11)3-4-9(10)12(7)2/h3-5,7H,6H2,1-2H3. The molecule has 0 fully saturated rings. The van der Waals surface area contributed by atoms with Crippen molar-refractivity contribution in [2.24, 2.45) is 0 Å². The lowest BCUT2D eigenvalue weighted by Crippen LogP contribution is -2.37. The molecule has 1 heterocycles. The summed E-state index contributed by atoms with van der Waals surface area (Å²) < 4.78 is 6.68. The molecule has 0 spiro atoms. The summed E-state index contributed by atoms with van der Waals surface area (Å²) >= 11 is 3.43. The monoisotopic (exact) mass is 241 g/mol. The minimum absolute atomic E-state index is 0.452. The first-order valence-corrected chi connectivity index (χ1v) is 5.13. The number of halogens is 1. The predicted octanol–water partition coefficient (Wildman–Crippen LogP) is 2.67. The summed E-state index contributed by atoms with van der Waals surface area (Å²) in [5.74, 6) is 0.968. The molecule has 0 radical (unpaired) electrons. The van der Waals surface area contributed by atoms with Gasteiger partial charge in [0.2, 0.25) is 0 Å². The third-order valence-corrected chi connectivity index (χ3v) is 2.94. The van der Waals surface area contributed by atoms with E-state index in [1.54, 1.807) is 0 Å². The van der Waals surface area contributed by atoms with Crippen molar-refractivity contribution < 1.29 is 4.74 Å². The number of anilines is 1. The van der Waals surface area contributed by atoms with Crippen molar-refractivity contribution in [2.45, 2.75) is 13.0 Å². The van der Waals surface area contributed by atoms with Gasteiger partial charge in [-0.2, -0.15) is 0 Å². The molecule has 0 aromatic heterocycles. The van der Waals surface area contributed by atoms with E-state index in [4.69, 9.17) is 4.74 Å². The van der Waals surface area contributed by atoms with Gasteiger partial charge in [-0.25, -0.2) is 0 Å². The summed E-state index contributed by atoms with van der Waals surface area (Å²) in [4.78, 5) is 2.24. The Kier molecular flexibility index (Phi) is 2.20. The molecule has 0 saturated heterocycles. The molecule has 2 rings (SSSR count). The SMILES string of the molecule is CC1COc2cc(Br)ccc2N1C. The van der Waals surface area contributed by atoms with Gasteiger partial charge in [-0.3, -0.25) is 0 Å². The summed E-state index contributed by atoms with van der Waals surface area (Å²) in [6, 6.07) is 6.58. The Morgan fingerprint density at radius 1 is 1.54 bits per heavy atom. The van der Waals surface area contributed by atoms with Gasteiger partial charge in [0.15, 0.2) is 0 Å². The molecular weight excluding hydrogens is 230 g/mol. The fraction of sp³-hybridized carbons (Fsp3) is 0.400. The van der Waals surface area contributed by atoms with E-state index in [-0.39, 0.29) is 0 Å². The Bertz CT molecular complexity index is 327. The fourth-order valence-electron chi connectivity index (χ4n) is 1.45. The van der Waals surface area contributed by atoms with Crippen LogP contribution in [0.15, 0.2) is 22.7 Å². The van der Waals surface area contributed by atoms with Crippen molar-refractivity contribution in [3.63, 3.8) is 0 Å². The molecular formula is C10H12BrNO. The third kappa shape index (κ3) is 1.53. The molecule has 2 nitrogen and oxygen atoms in total. The molecule has 0 N–H and O–H groups in total. The highest BCUT2D eigenvalue weighted by Gasteiger charge is 2.20. The molecule has 1 aromatic carbocycles. The summed E-state index contributed by atoms with van der Waals surface area (Å²) in [6.07, 6.45) is 0. The lowest BCUT2D eigenvalue weighted by Gasteiger charge is -2.33. The van der Waals surface area contributed by atoms with Crippen LogP contribution in [0.1, 0.15) is 6.92 Å². The predicted molar refractivity (Wildman–Crippen MR) is 57.5 cm³/mol. The van der Waals surface area contributed by atoms with Crippen LogP contribution in [0.25, 0.3) is 0 Å². The zero-order chi connectivity index (χ0) is 9.42. The Morgan fingerprint density at radius 2 is 2.31 bits per heavy atom. The topological polar surface area (TPSA) is 12.5 Å². The molecule has 0 saturated carbocycles. The summed E-state index contributed by atoms with van der Waals surface area (Å²) in [6.45, 7) is 2.92. The summed E-state index contributed by atoms with van der Waals surface area (Å²) in [7, 11) is 2.10. The minimum atomic E-state index is 0.452. The first-order chi connectivity index (χ1) is 6.18. The molecule has 1 aliphatic rings. The number of hydrogen-bond donors (Lipinski definition) is 0. The second-order valence-electron chi connectivity index (χ2n) is 3.38. The normalized spacial score (nSPS) is 20.8. The van der Waals surface area contributed by atoms with E-state index in [1.807, 2.05) is 12.1 Å². The maximum Gasteiger partial charge on any atom is 0.143 e. The zero-order valence-electron chi connectivity index (χ0n) is 7.75. The van der Waals surface area contributed by atoms with Gasteiger partial charge in [0, 0.05) is 11.5 Å². The smallest absolute Gasteiger partial charge is 0.143 e. The number of benzene rings is 1. The minimum Gasteiger partial charge on any atom is -0.489 e. The molecule has 0 aliphatic carbocycles. The van der Waals surface area contributed by atoms with E-state index in [0.29, 0.717) is 6.04 Å². The maximum absolute atomic E-state index is 5.62. The molecule has 1 aliphatic heterocycles. The van der Waals surface area contributed by atoms with E-state index in [0.717, 1.165) is 16.8 Å². The molecule has 1 unspecified atom stereocenters. The maximum atomic E-state index is 5.62. The molecule has 70 valence electrons. The largest absolute Gasteiger partial charge is 0.489 e. The van der Waals surface area contributed by atoms with Gasteiger partial charge in [0.25, 0.3) is 0 Å². The highest BCUT2D eigenvalue weighted by molar-refractivity contribution is 9.10. The molecule has 0 amide bonds. The van der Waals surface area contributed by atoms with Gasteiger partial charge < -0.3 is 9.64 Å². The van der Waals surface area contributed by atoms with Crippen molar-refractivity contribution in [3.05, 3.63) is 22.7 Å². The Morgan fingerprint density at radius 3 is 3.08 bits per heavy atom. The van der Waals surface area contributed by atoms with Crippen LogP contribution in [0.2, 0.25) is 0 Å². The van der Waals surface area contributed by atoms with Gasteiger partial charge in [-0.15, -0.1) is 0 Å². The first-order valence-electron chi connectivity index (χ1n) is 4.33. The van der Waals surface area contributed by atoms with Crippen molar-refractivity contribution >= 4 is 21.6 Å².